The third-order valence-electron chi connectivity index (χ3n) is 3.30. The minimum atomic E-state index is -0.886. The van der Waals surface area contributed by atoms with Crippen LogP contribution in [0.3, 0.4) is 0 Å². The molecule has 0 saturated heterocycles. The molecule has 0 heterocycles. The highest BCUT2D eigenvalue weighted by Crippen LogP contribution is 2.24. The predicted molar refractivity (Wildman–Crippen MR) is 65.0 cm³/mol. The number of carboxylic acids is 1. The second kappa shape index (κ2) is 5.82. The zero-order chi connectivity index (χ0) is 12.1. The zero-order valence-corrected chi connectivity index (χ0v) is 9.89. The first-order valence-electron chi connectivity index (χ1n) is 6.15. The molecule has 0 atom stereocenters. The number of hydrogen-bond acceptors (Lipinski definition) is 2. The van der Waals surface area contributed by atoms with Gasteiger partial charge in [0.25, 0.3) is 0 Å². The Kier molecular flexibility index (Phi) is 4.15. The van der Waals surface area contributed by atoms with Gasteiger partial charge in [0.2, 0.25) is 0 Å². The molecule has 0 spiro atoms. The van der Waals surface area contributed by atoms with E-state index in [1.807, 2.05) is 12.1 Å². The van der Waals surface area contributed by atoms with E-state index in [0.29, 0.717) is 12.2 Å². The zero-order valence-electron chi connectivity index (χ0n) is 9.89. The van der Waals surface area contributed by atoms with Gasteiger partial charge in [-0.25, -0.2) is 4.79 Å². The van der Waals surface area contributed by atoms with E-state index in [0.717, 1.165) is 18.1 Å². The standard InChI is InChI=1S/C14H18O3/c15-14(16)13-7-5-12(6-8-13)10-17-9-11-3-1-2-4-11/h5-8,11H,1-4,9-10H2,(H,15,16). The van der Waals surface area contributed by atoms with Gasteiger partial charge >= 0.3 is 5.97 Å². The molecule has 1 N–H and O–H groups in total. The third kappa shape index (κ3) is 3.56. The van der Waals surface area contributed by atoms with Gasteiger partial charge in [0.15, 0.2) is 0 Å². The van der Waals surface area contributed by atoms with Crippen molar-refractivity contribution in [2.45, 2.75) is 32.3 Å². The summed E-state index contributed by atoms with van der Waals surface area (Å²) >= 11 is 0. The molecule has 1 aromatic rings. The monoisotopic (exact) mass is 234 g/mol. The number of aromatic carboxylic acids is 1. The number of ether oxygens (including phenoxy) is 1. The fourth-order valence-electron chi connectivity index (χ4n) is 2.26. The molecule has 0 unspecified atom stereocenters. The van der Waals surface area contributed by atoms with Crippen LogP contribution >= 0.6 is 0 Å². The van der Waals surface area contributed by atoms with Crippen molar-refractivity contribution in [2.75, 3.05) is 6.61 Å². The van der Waals surface area contributed by atoms with Crippen LogP contribution < -0.4 is 0 Å². The second-order valence-corrected chi connectivity index (χ2v) is 4.67. The molecular formula is C14H18O3. The lowest BCUT2D eigenvalue weighted by molar-refractivity contribution is 0.0696. The van der Waals surface area contributed by atoms with Crippen molar-refractivity contribution in [1.29, 1.82) is 0 Å². The molecule has 1 aliphatic rings. The molecule has 0 bridgehead atoms. The largest absolute Gasteiger partial charge is 0.478 e. The first-order chi connectivity index (χ1) is 8.25. The number of benzene rings is 1. The molecule has 0 amide bonds. The van der Waals surface area contributed by atoms with Crippen molar-refractivity contribution < 1.29 is 14.6 Å². The van der Waals surface area contributed by atoms with E-state index in [1.165, 1.54) is 25.7 Å². The number of carbonyl (C=O) groups is 1. The summed E-state index contributed by atoms with van der Waals surface area (Å²) in [7, 11) is 0. The van der Waals surface area contributed by atoms with Crippen LogP contribution in [0.2, 0.25) is 0 Å². The van der Waals surface area contributed by atoms with E-state index in [9.17, 15) is 4.79 Å². The third-order valence-corrected chi connectivity index (χ3v) is 3.30. The summed E-state index contributed by atoms with van der Waals surface area (Å²) in [5.41, 5.74) is 1.36. The fourth-order valence-corrected chi connectivity index (χ4v) is 2.26. The van der Waals surface area contributed by atoms with Crippen molar-refractivity contribution in [2.24, 2.45) is 5.92 Å². The Morgan fingerprint density at radius 3 is 2.47 bits per heavy atom. The van der Waals surface area contributed by atoms with Gasteiger partial charge in [0.1, 0.15) is 0 Å². The van der Waals surface area contributed by atoms with Crippen LogP contribution in [-0.4, -0.2) is 17.7 Å². The first kappa shape index (κ1) is 12.1. The molecule has 1 saturated carbocycles. The Labute approximate surface area is 101 Å². The van der Waals surface area contributed by atoms with Crippen molar-refractivity contribution in [3.05, 3.63) is 35.4 Å². The molecule has 0 aromatic heterocycles. The Bertz CT molecular complexity index is 364. The Hall–Kier alpha value is -1.35. The van der Waals surface area contributed by atoms with E-state index >= 15 is 0 Å². The van der Waals surface area contributed by atoms with Gasteiger partial charge in [-0.15, -0.1) is 0 Å². The minimum absolute atomic E-state index is 0.324. The van der Waals surface area contributed by atoms with Crippen LogP contribution in [0.5, 0.6) is 0 Å². The lowest BCUT2D eigenvalue weighted by Crippen LogP contribution is -2.05. The van der Waals surface area contributed by atoms with Gasteiger partial charge in [0.05, 0.1) is 12.2 Å². The lowest BCUT2D eigenvalue weighted by Gasteiger charge is -2.09. The van der Waals surface area contributed by atoms with E-state index in [4.69, 9.17) is 9.84 Å². The van der Waals surface area contributed by atoms with Gasteiger partial charge in [-0.05, 0) is 36.5 Å². The van der Waals surface area contributed by atoms with E-state index in [1.54, 1.807) is 12.1 Å². The molecule has 3 nitrogen and oxygen atoms in total. The van der Waals surface area contributed by atoms with Gasteiger partial charge in [-0.3, -0.25) is 0 Å². The summed E-state index contributed by atoms with van der Waals surface area (Å²) in [4.78, 5) is 10.7. The molecule has 17 heavy (non-hydrogen) atoms. The van der Waals surface area contributed by atoms with Gasteiger partial charge in [0, 0.05) is 6.61 Å². The van der Waals surface area contributed by atoms with Crippen molar-refractivity contribution in [1.82, 2.24) is 0 Å². The van der Waals surface area contributed by atoms with Crippen molar-refractivity contribution in [3.63, 3.8) is 0 Å². The highest BCUT2D eigenvalue weighted by molar-refractivity contribution is 5.87. The lowest BCUT2D eigenvalue weighted by atomic mass is 10.1. The minimum Gasteiger partial charge on any atom is -0.478 e. The Balaban J connectivity index is 1.76. The van der Waals surface area contributed by atoms with Gasteiger partial charge in [-0.1, -0.05) is 25.0 Å². The van der Waals surface area contributed by atoms with E-state index in [-0.39, 0.29) is 0 Å². The van der Waals surface area contributed by atoms with Crippen molar-refractivity contribution >= 4 is 5.97 Å². The topological polar surface area (TPSA) is 46.5 Å². The smallest absolute Gasteiger partial charge is 0.335 e. The SMILES string of the molecule is O=C(O)c1ccc(COCC2CCCC2)cc1. The van der Waals surface area contributed by atoms with Crippen LogP contribution in [0.1, 0.15) is 41.6 Å². The van der Waals surface area contributed by atoms with Crippen LogP contribution in [0, 0.1) is 5.92 Å². The highest BCUT2D eigenvalue weighted by Gasteiger charge is 2.14. The highest BCUT2D eigenvalue weighted by atomic mass is 16.5. The maximum absolute atomic E-state index is 10.7. The van der Waals surface area contributed by atoms with Gasteiger partial charge in [-0.2, -0.15) is 0 Å². The van der Waals surface area contributed by atoms with Crippen LogP contribution in [0.15, 0.2) is 24.3 Å². The molecule has 2 rings (SSSR count). The van der Waals surface area contributed by atoms with Crippen LogP contribution in [-0.2, 0) is 11.3 Å². The average Bonchev–Trinajstić information content (AvgIpc) is 2.83. The van der Waals surface area contributed by atoms with E-state index in [2.05, 4.69) is 0 Å². The molecule has 3 heteroatoms. The quantitative estimate of drug-likeness (QED) is 0.851. The molecule has 0 radical (unpaired) electrons. The summed E-state index contributed by atoms with van der Waals surface area (Å²) in [5, 5.41) is 8.76. The summed E-state index contributed by atoms with van der Waals surface area (Å²) in [5.74, 6) is -0.156. The fraction of sp³-hybridized carbons (Fsp3) is 0.500. The number of carboxylic acid groups (broad SMARTS) is 1. The maximum atomic E-state index is 10.7. The normalized spacial score (nSPS) is 16.2. The molecule has 1 fully saturated rings. The van der Waals surface area contributed by atoms with Gasteiger partial charge < -0.3 is 9.84 Å². The molecule has 92 valence electrons. The molecule has 1 aromatic carbocycles. The van der Waals surface area contributed by atoms with E-state index < -0.39 is 5.97 Å². The predicted octanol–water partition coefficient (Wildman–Crippen LogP) is 3.09. The second-order valence-electron chi connectivity index (χ2n) is 4.67. The first-order valence-corrected chi connectivity index (χ1v) is 6.15. The average molecular weight is 234 g/mol. The van der Waals surface area contributed by atoms with Crippen LogP contribution in [0.25, 0.3) is 0 Å². The summed E-state index contributed by atoms with van der Waals surface area (Å²) < 4.78 is 5.66. The number of rotatable bonds is 5. The molecular weight excluding hydrogens is 216 g/mol. The summed E-state index contributed by atoms with van der Waals surface area (Å²) in [6.45, 7) is 1.41. The molecule has 1 aliphatic carbocycles. The van der Waals surface area contributed by atoms with Crippen LogP contribution in [0.4, 0.5) is 0 Å². The van der Waals surface area contributed by atoms with Crippen molar-refractivity contribution in [3.8, 4) is 0 Å². The Morgan fingerprint density at radius 2 is 1.88 bits per heavy atom. The summed E-state index contributed by atoms with van der Waals surface area (Å²) in [6, 6.07) is 6.88. The Morgan fingerprint density at radius 1 is 1.24 bits per heavy atom. The number of hydrogen-bond donors (Lipinski definition) is 1. The molecule has 0 aliphatic heterocycles. The summed E-state index contributed by atoms with van der Waals surface area (Å²) in [6.07, 6.45) is 5.25. The maximum Gasteiger partial charge on any atom is 0.335 e.